The second kappa shape index (κ2) is 4.40. The first kappa shape index (κ1) is 12.0. The van der Waals surface area contributed by atoms with Crippen LogP contribution < -0.4 is 4.90 Å². The normalized spacial score (nSPS) is 11.2. The molecule has 0 spiro atoms. The van der Waals surface area contributed by atoms with E-state index >= 15 is 0 Å². The quantitative estimate of drug-likeness (QED) is 0.737. The van der Waals surface area contributed by atoms with Crippen molar-refractivity contribution in [3.05, 3.63) is 41.5 Å². The molecule has 0 saturated carbocycles. The maximum Gasteiger partial charge on any atom is 0.0400 e. The van der Waals surface area contributed by atoms with Crippen LogP contribution in [0.3, 0.4) is 0 Å². The van der Waals surface area contributed by atoms with Crippen LogP contribution in [0.15, 0.2) is 30.3 Å². The Morgan fingerprint density at radius 1 is 1.00 bits per heavy atom. The average molecular weight is 227 g/mol. The van der Waals surface area contributed by atoms with E-state index in [0.29, 0.717) is 5.92 Å². The number of rotatable bonds is 2. The number of fused-ring (bicyclic) bond motifs is 1. The third-order valence-electron chi connectivity index (χ3n) is 3.42. The fourth-order valence-corrected chi connectivity index (χ4v) is 2.48. The predicted octanol–water partition coefficient (Wildman–Crippen LogP) is 4.34. The lowest BCUT2D eigenvalue weighted by atomic mass is 9.92. The summed E-state index contributed by atoms with van der Waals surface area (Å²) in [5.74, 6) is 0.555. The van der Waals surface area contributed by atoms with E-state index in [0.717, 1.165) is 0 Å². The Hall–Kier alpha value is -1.50. The van der Waals surface area contributed by atoms with Gasteiger partial charge in [0.05, 0.1) is 0 Å². The van der Waals surface area contributed by atoms with Crippen LogP contribution in [0.25, 0.3) is 10.8 Å². The van der Waals surface area contributed by atoms with E-state index < -0.39 is 0 Å². The highest BCUT2D eigenvalue weighted by Gasteiger charge is 2.11. The molecule has 0 saturated heterocycles. The Morgan fingerprint density at radius 3 is 2.12 bits per heavy atom. The molecule has 17 heavy (non-hydrogen) atoms. The van der Waals surface area contributed by atoms with E-state index in [1.54, 1.807) is 0 Å². The standard InChI is InChI=1S/C16H21N/c1-11(2)15-10-16(17(4)5)12(3)13-8-6-7-9-14(13)15/h6-11H,1-5H3. The number of nitrogens with zero attached hydrogens (tertiary/aromatic N) is 1. The third kappa shape index (κ3) is 2.02. The van der Waals surface area contributed by atoms with Gasteiger partial charge in [-0.3, -0.25) is 0 Å². The topological polar surface area (TPSA) is 3.24 Å². The lowest BCUT2D eigenvalue weighted by molar-refractivity contribution is 0.874. The van der Waals surface area contributed by atoms with Crippen LogP contribution in [0.1, 0.15) is 30.9 Å². The van der Waals surface area contributed by atoms with E-state index in [-0.39, 0.29) is 0 Å². The summed E-state index contributed by atoms with van der Waals surface area (Å²) >= 11 is 0. The molecule has 0 aliphatic heterocycles. The molecule has 1 nitrogen and oxygen atoms in total. The first-order valence-corrected chi connectivity index (χ1v) is 6.22. The molecule has 0 aliphatic carbocycles. The SMILES string of the molecule is Cc1c(N(C)C)cc(C(C)C)c2ccccc12. The monoisotopic (exact) mass is 227 g/mol. The highest BCUT2D eigenvalue weighted by Crippen LogP contribution is 2.33. The van der Waals surface area contributed by atoms with Crippen molar-refractivity contribution in [1.82, 2.24) is 0 Å². The Morgan fingerprint density at radius 2 is 1.59 bits per heavy atom. The van der Waals surface area contributed by atoms with E-state index in [1.165, 1.54) is 27.6 Å². The first-order valence-electron chi connectivity index (χ1n) is 6.22. The zero-order valence-corrected chi connectivity index (χ0v) is 11.4. The summed E-state index contributed by atoms with van der Waals surface area (Å²) in [7, 11) is 4.22. The number of benzene rings is 2. The van der Waals surface area contributed by atoms with Crippen molar-refractivity contribution in [3.8, 4) is 0 Å². The molecule has 2 rings (SSSR count). The van der Waals surface area contributed by atoms with Crippen LogP contribution in [-0.2, 0) is 0 Å². The number of hydrogen-bond acceptors (Lipinski definition) is 1. The van der Waals surface area contributed by atoms with E-state index in [2.05, 4.69) is 70.1 Å². The lowest BCUT2D eigenvalue weighted by Gasteiger charge is -2.21. The highest BCUT2D eigenvalue weighted by atomic mass is 15.1. The maximum absolute atomic E-state index is 2.34. The Balaban J connectivity index is 2.85. The van der Waals surface area contributed by atoms with Gasteiger partial charge in [-0.15, -0.1) is 0 Å². The van der Waals surface area contributed by atoms with Gasteiger partial charge in [-0.2, -0.15) is 0 Å². The molecule has 0 aliphatic rings. The van der Waals surface area contributed by atoms with Gasteiger partial charge in [-0.05, 0) is 40.8 Å². The van der Waals surface area contributed by atoms with Gasteiger partial charge in [-0.25, -0.2) is 0 Å². The molecule has 0 N–H and O–H groups in total. The van der Waals surface area contributed by atoms with Crippen LogP contribution in [0.2, 0.25) is 0 Å². The molecule has 0 bridgehead atoms. The van der Waals surface area contributed by atoms with Crippen LogP contribution in [0.4, 0.5) is 5.69 Å². The van der Waals surface area contributed by atoms with Gasteiger partial charge >= 0.3 is 0 Å². The Labute approximate surface area is 104 Å². The molecule has 90 valence electrons. The van der Waals surface area contributed by atoms with Crippen molar-refractivity contribution in [1.29, 1.82) is 0 Å². The second-order valence-corrected chi connectivity index (χ2v) is 5.20. The van der Waals surface area contributed by atoms with Crippen molar-refractivity contribution in [2.75, 3.05) is 19.0 Å². The van der Waals surface area contributed by atoms with Crippen LogP contribution in [0.5, 0.6) is 0 Å². The summed E-state index contributed by atoms with van der Waals surface area (Å²) in [6.07, 6.45) is 0. The van der Waals surface area contributed by atoms with E-state index in [9.17, 15) is 0 Å². The minimum Gasteiger partial charge on any atom is -0.377 e. The molecular formula is C16H21N. The van der Waals surface area contributed by atoms with Gasteiger partial charge in [0.2, 0.25) is 0 Å². The number of anilines is 1. The zero-order chi connectivity index (χ0) is 12.6. The van der Waals surface area contributed by atoms with E-state index in [4.69, 9.17) is 0 Å². The van der Waals surface area contributed by atoms with Crippen molar-refractivity contribution >= 4 is 16.5 Å². The van der Waals surface area contributed by atoms with Gasteiger partial charge in [0, 0.05) is 19.8 Å². The number of aryl methyl sites for hydroxylation is 1. The summed E-state index contributed by atoms with van der Waals surface area (Å²) < 4.78 is 0. The minimum atomic E-state index is 0.555. The maximum atomic E-state index is 2.34. The zero-order valence-electron chi connectivity index (χ0n) is 11.4. The van der Waals surface area contributed by atoms with Crippen LogP contribution in [0, 0.1) is 6.92 Å². The van der Waals surface area contributed by atoms with Crippen LogP contribution >= 0.6 is 0 Å². The van der Waals surface area contributed by atoms with Crippen molar-refractivity contribution in [2.45, 2.75) is 26.7 Å². The summed E-state index contributed by atoms with van der Waals surface area (Å²) in [5.41, 5.74) is 4.14. The smallest absolute Gasteiger partial charge is 0.0400 e. The Bertz CT molecular complexity index is 538. The summed E-state index contributed by atoms with van der Waals surface area (Å²) in [6.45, 7) is 6.73. The van der Waals surface area contributed by atoms with Gasteiger partial charge in [0.1, 0.15) is 0 Å². The van der Waals surface area contributed by atoms with E-state index in [1.807, 2.05) is 0 Å². The molecule has 0 fully saturated rings. The fourth-order valence-electron chi connectivity index (χ4n) is 2.48. The van der Waals surface area contributed by atoms with Crippen molar-refractivity contribution in [3.63, 3.8) is 0 Å². The molecule has 0 heterocycles. The molecule has 0 unspecified atom stereocenters. The van der Waals surface area contributed by atoms with Gasteiger partial charge in [0.25, 0.3) is 0 Å². The van der Waals surface area contributed by atoms with Crippen molar-refractivity contribution in [2.24, 2.45) is 0 Å². The van der Waals surface area contributed by atoms with Gasteiger partial charge in [0.15, 0.2) is 0 Å². The minimum absolute atomic E-state index is 0.555. The molecule has 1 heteroatoms. The lowest BCUT2D eigenvalue weighted by Crippen LogP contribution is -2.11. The van der Waals surface area contributed by atoms with Gasteiger partial charge in [-0.1, -0.05) is 38.1 Å². The molecule has 2 aromatic rings. The fraction of sp³-hybridized carbons (Fsp3) is 0.375. The molecule has 2 aromatic carbocycles. The summed E-state index contributed by atoms with van der Waals surface area (Å²) in [5, 5.41) is 2.77. The summed E-state index contributed by atoms with van der Waals surface area (Å²) in [4.78, 5) is 2.20. The van der Waals surface area contributed by atoms with Crippen molar-refractivity contribution < 1.29 is 0 Å². The third-order valence-corrected chi connectivity index (χ3v) is 3.42. The first-order chi connectivity index (χ1) is 8.02. The second-order valence-electron chi connectivity index (χ2n) is 5.20. The molecular weight excluding hydrogens is 206 g/mol. The predicted molar refractivity (Wildman–Crippen MR) is 77.1 cm³/mol. The average Bonchev–Trinajstić information content (AvgIpc) is 2.29. The molecule has 0 radical (unpaired) electrons. The largest absolute Gasteiger partial charge is 0.377 e. The summed E-state index contributed by atoms with van der Waals surface area (Å²) in [6, 6.07) is 11.0. The van der Waals surface area contributed by atoms with Crippen LogP contribution in [-0.4, -0.2) is 14.1 Å². The molecule has 0 amide bonds. The highest BCUT2D eigenvalue weighted by molar-refractivity contribution is 5.93. The Kier molecular flexibility index (Phi) is 3.10. The molecule has 0 atom stereocenters. The molecule has 0 aromatic heterocycles. The number of hydrogen-bond donors (Lipinski definition) is 0. The van der Waals surface area contributed by atoms with Gasteiger partial charge < -0.3 is 4.90 Å².